The molecule has 2 aliphatic rings. The first-order valence-electron chi connectivity index (χ1n) is 7.92. The molecule has 2 N–H and O–H groups in total. The van der Waals surface area contributed by atoms with Crippen LogP contribution in [0.5, 0.6) is 5.75 Å². The second-order valence-corrected chi connectivity index (χ2v) is 6.11. The molecule has 0 amide bonds. The van der Waals surface area contributed by atoms with Crippen LogP contribution in [0.1, 0.15) is 37.8 Å². The van der Waals surface area contributed by atoms with Crippen molar-refractivity contribution in [2.45, 2.75) is 37.8 Å². The molecule has 3 unspecified atom stereocenters. The minimum atomic E-state index is -0.0776. The van der Waals surface area contributed by atoms with Crippen molar-refractivity contribution in [3.8, 4) is 5.75 Å². The second kappa shape index (κ2) is 6.34. The Morgan fingerprint density at radius 3 is 2.81 bits per heavy atom. The van der Waals surface area contributed by atoms with Crippen molar-refractivity contribution in [1.82, 2.24) is 0 Å². The van der Waals surface area contributed by atoms with Gasteiger partial charge in [-0.2, -0.15) is 0 Å². The largest absolute Gasteiger partial charge is 0.494 e. The van der Waals surface area contributed by atoms with Crippen molar-refractivity contribution < 1.29 is 14.2 Å². The number of benzene rings is 1. The van der Waals surface area contributed by atoms with Crippen LogP contribution in [0.2, 0.25) is 0 Å². The molecule has 2 heterocycles. The lowest BCUT2D eigenvalue weighted by Gasteiger charge is -2.39. The van der Waals surface area contributed by atoms with Crippen LogP contribution in [-0.2, 0) is 9.47 Å². The molecule has 0 radical (unpaired) electrons. The lowest BCUT2D eigenvalue weighted by Crippen LogP contribution is -2.43. The van der Waals surface area contributed by atoms with Gasteiger partial charge in [0.15, 0.2) is 0 Å². The first-order valence-corrected chi connectivity index (χ1v) is 7.92. The van der Waals surface area contributed by atoms with E-state index >= 15 is 0 Å². The molecule has 0 bridgehead atoms. The predicted octanol–water partition coefficient (Wildman–Crippen LogP) is 2.67. The molecule has 0 saturated carbocycles. The van der Waals surface area contributed by atoms with Crippen LogP contribution in [-0.4, -0.2) is 32.0 Å². The number of nitrogens with two attached hydrogens (primary N) is 1. The van der Waals surface area contributed by atoms with E-state index in [2.05, 4.69) is 12.1 Å². The van der Waals surface area contributed by atoms with Crippen molar-refractivity contribution >= 4 is 0 Å². The van der Waals surface area contributed by atoms with Crippen LogP contribution in [0.3, 0.4) is 0 Å². The molecule has 0 aliphatic carbocycles. The zero-order valence-electron chi connectivity index (χ0n) is 12.7. The van der Waals surface area contributed by atoms with Crippen molar-refractivity contribution in [2.24, 2.45) is 11.7 Å². The van der Waals surface area contributed by atoms with Gasteiger partial charge in [-0.25, -0.2) is 0 Å². The van der Waals surface area contributed by atoms with E-state index < -0.39 is 0 Å². The summed E-state index contributed by atoms with van der Waals surface area (Å²) in [6.45, 7) is 5.00. The maximum atomic E-state index is 6.51. The van der Waals surface area contributed by atoms with Crippen LogP contribution in [0.15, 0.2) is 24.3 Å². The second-order valence-electron chi connectivity index (χ2n) is 6.11. The van der Waals surface area contributed by atoms with Crippen LogP contribution >= 0.6 is 0 Å². The average molecular weight is 291 g/mol. The molecule has 1 aromatic rings. The number of ether oxygens (including phenoxy) is 3. The van der Waals surface area contributed by atoms with Gasteiger partial charge in [0.25, 0.3) is 0 Å². The van der Waals surface area contributed by atoms with Crippen molar-refractivity contribution in [3.05, 3.63) is 29.8 Å². The number of hydrogen-bond donors (Lipinski definition) is 1. The van der Waals surface area contributed by atoms with E-state index in [0.717, 1.165) is 44.8 Å². The highest BCUT2D eigenvalue weighted by Gasteiger charge is 2.42. The Morgan fingerprint density at radius 2 is 2.14 bits per heavy atom. The lowest BCUT2D eigenvalue weighted by molar-refractivity contribution is -0.101. The third-order valence-corrected chi connectivity index (χ3v) is 4.68. The Kier molecular flexibility index (Phi) is 4.48. The maximum Gasteiger partial charge on any atom is 0.119 e. The summed E-state index contributed by atoms with van der Waals surface area (Å²) in [5, 5.41) is 0. The monoisotopic (exact) mass is 291 g/mol. The molecule has 3 rings (SSSR count). The fourth-order valence-corrected chi connectivity index (χ4v) is 3.46. The van der Waals surface area contributed by atoms with Crippen LogP contribution in [0, 0.1) is 5.92 Å². The van der Waals surface area contributed by atoms with E-state index in [-0.39, 0.29) is 11.6 Å². The lowest BCUT2D eigenvalue weighted by atomic mass is 9.79. The first-order chi connectivity index (χ1) is 10.2. The molecule has 2 fully saturated rings. The Morgan fingerprint density at radius 1 is 1.33 bits per heavy atom. The topological polar surface area (TPSA) is 53.7 Å². The van der Waals surface area contributed by atoms with Crippen LogP contribution < -0.4 is 10.5 Å². The summed E-state index contributed by atoms with van der Waals surface area (Å²) in [5.74, 6) is 1.36. The normalized spacial score (nSPS) is 30.5. The maximum absolute atomic E-state index is 6.51. The molecule has 1 aromatic carbocycles. The Labute approximate surface area is 126 Å². The first kappa shape index (κ1) is 14.8. The number of hydrogen-bond acceptors (Lipinski definition) is 4. The van der Waals surface area contributed by atoms with Gasteiger partial charge >= 0.3 is 0 Å². The van der Waals surface area contributed by atoms with Gasteiger partial charge in [0.05, 0.1) is 18.8 Å². The van der Waals surface area contributed by atoms with Crippen molar-refractivity contribution in [2.75, 3.05) is 26.4 Å². The van der Waals surface area contributed by atoms with Gasteiger partial charge < -0.3 is 19.9 Å². The van der Waals surface area contributed by atoms with E-state index in [1.165, 1.54) is 5.56 Å². The van der Waals surface area contributed by atoms with Crippen molar-refractivity contribution in [1.29, 1.82) is 0 Å². The molecule has 116 valence electrons. The molecular weight excluding hydrogens is 266 g/mol. The fourth-order valence-electron chi connectivity index (χ4n) is 3.46. The molecule has 2 saturated heterocycles. The van der Waals surface area contributed by atoms with Gasteiger partial charge in [-0.05, 0) is 43.4 Å². The average Bonchev–Trinajstić information content (AvgIpc) is 2.95. The van der Waals surface area contributed by atoms with E-state index in [9.17, 15) is 0 Å². The van der Waals surface area contributed by atoms with Gasteiger partial charge in [0, 0.05) is 25.7 Å². The minimum absolute atomic E-state index is 0.0575. The molecule has 2 aliphatic heterocycles. The van der Waals surface area contributed by atoms with Crippen molar-refractivity contribution in [3.63, 3.8) is 0 Å². The molecule has 21 heavy (non-hydrogen) atoms. The summed E-state index contributed by atoms with van der Waals surface area (Å²) >= 11 is 0. The molecule has 1 spiro atoms. The predicted molar refractivity (Wildman–Crippen MR) is 81.4 cm³/mol. The highest BCUT2D eigenvalue weighted by Crippen LogP contribution is 2.40. The van der Waals surface area contributed by atoms with Crippen LogP contribution in [0.25, 0.3) is 0 Å². The third-order valence-electron chi connectivity index (χ3n) is 4.68. The third kappa shape index (κ3) is 3.23. The molecule has 4 nitrogen and oxygen atoms in total. The highest BCUT2D eigenvalue weighted by molar-refractivity contribution is 5.29. The summed E-state index contributed by atoms with van der Waals surface area (Å²) in [4.78, 5) is 0. The summed E-state index contributed by atoms with van der Waals surface area (Å²) < 4.78 is 17.0. The summed E-state index contributed by atoms with van der Waals surface area (Å²) in [6, 6.07) is 8.24. The smallest absolute Gasteiger partial charge is 0.119 e. The fraction of sp³-hybridized carbons (Fsp3) is 0.647. The Bertz CT molecular complexity index is 454. The Balaban J connectivity index is 1.67. The minimum Gasteiger partial charge on any atom is -0.494 e. The molecule has 0 aromatic heterocycles. The van der Waals surface area contributed by atoms with Gasteiger partial charge in [-0.1, -0.05) is 12.1 Å². The van der Waals surface area contributed by atoms with Crippen LogP contribution in [0.4, 0.5) is 0 Å². The highest BCUT2D eigenvalue weighted by atomic mass is 16.6. The summed E-state index contributed by atoms with van der Waals surface area (Å²) in [5.41, 5.74) is 7.61. The zero-order chi connectivity index (χ0) is 14.7. The van der Waals surface area contributed by atoms with E-state index in [0.29, 0.717) is 12.5 Å². The summed E-state index contributed by atoms with van der Waals surface area (Å²) in [6.07, 6.45) is 3.02. The number of rotatable bonds is 4. The van der Waals surface area contributed by atoms with E-state index in [4.69, 9.17) is 19.9 Å². The molecular formula is C17H25NO3. The van der Waals surface area contributed by atoms with Gasteiger partial charge in [-0.15, -0.1) is 0 Å². The van der Waals surface area contributed by atoms with E-state index in [1.54, 1.807) is 0 Å². The SMILES string of the molecule is CCOc1ccc(C(N)C2CCOC3(CCOC3)C2)cc1. The van der Waals surface area contributed by atoms with Gasteiger partial charge in [0.1, 0.15) is 5.75 Å². The van der Waals surface area contributed by atoms with Gasteiger partial charge in [0.2, 0.25) is 0 Å². The Hall–Kier alpha value is -1.10. The quantitative estimate of drug-likeness (QED) is 0.926. The molecule has 4 heteroatoms. The molecule has 3 atom stereocenters. The zero-order valence-corrected chi connectivity index (χ0v) is 12.7. The van der Waals surface area contributed by atoms with Gasteiger partial charge in [-0.3, -0.25) is 0 Å². The summed E-state index contributed by atoms with van der Waals surface area (Å²) in [7, 11) is 0. The van der Waals surface area contributed by atoms with E-state index in [1.807, 2.05) is 19.1 Å². The standard InChI is InChI=1S/C17H25NO3/c1-2-20-15-5-3-13(4-6-15)16(18)14-7-9-21-17(11-14)8-10-19-12-17/h3-6,14,16H,2,7-12,18H2,1H3.